The summed E-state index contributed by atoms with van der Waals surface area (Å²) in [5.41, 5.74) is 2.37. The Morgan fingerprint density at radius 3 is 2.67 bits per heavy atom. The molecule has 0 spiro atoms. The number of hydrogen-bond donors (Lipinski definition) is 1. The standard InChI is InChI=1S/C19H21ClN2O2/c1-24-16-5-4-12-22(13-16)15-10-8-14(9-11-15)21-19(23)17-6-2-3-7-18(17)20/h2-3,6-11,16H,4-5,12-13H2,1H3,(H,21,23). The number of anilines is 2. The lowest BCUT2D eigenvalue weighted by molar-refractivity contribution is 0.0893. The Labute approximate surface area is 147 Å². The quantitative estimate of drug-likeness (QED) is 0.903. The first-order valence-corrected chi connectivity index (χ1v) is 8.49. The van der Waals surface area contributed by atoms with E-state index in [-0.39, 0.29) is 5.91 Å². The van der Waals surface area contributed by atoms with Gasteiger partial charge in [-0.2, -0.15) is 0 Å². The van der Waals surface area contributed by atoms with Crippen molar-refractivity contribution in [2.45, 2.75) is 18.9 Å². The molecule has 1 unspecified atom stereocenters. The van der Waals surface area contributed by atoms with E-state index < -0.39 is 0 Å². The largest absolute Gasteiger partial charge is 0.380 e. The molecule has 126 valence electrons. The van der Waals surface area contributed by atoms with E-state index in [9.17, 15) is 4.79 Å². The first kappa shape index (κ1) is 16.8. The van der Waals surface area contributed by atoms with Crippen LogP contribution in [0.4, 0.5) is 11.4 Å². The van der Waals surface area contributed by atoms with Gasteiger partial charge in [0, 0.05) is 31.6 Å². The van der Waals surface area contributed by atoms with Crippen LogP contribution in [-0.2, 0) is 4.74 Å². The van der Waals surface area contributed by atoms with Gasteiger partial charge in [0.2, 0.25) is 0 Å². The SMILES string of the molecule is COC1CCCN(c2ccc(NC(=O)c3ccccc3Cl)cc2)C1. The zero-order valence-corrected chi connectivity index (χ0v) is 14.4. The van der Waals surface area contributed by atoms with Crippen molar-refractivity contribution in [3.8, 4) is 0 Å². The number of piperidine rings is 1. The maximum atomic E-state index is 12.3. The van der Waals surface area contributed by atoms with E-state index in [1.807, 2.05) is 24.3 Å². The summed E-state index contributed by atoms with van der Waals surface area (Å²) in [6.45, 7) is 1.94. The normalized spacial score (nSPS) is 17.6. The molecule has 1 amide bonds. The Kier molecular flexibility index (Phi) is 5.38. The fourth-order valence-corrected chi connectivity index (χ4v) is 3.19. The van der Waals surface area contributed by atoms with Crippen LogP contribution in [0.5, 0.6) is 0 Å². The number of rotatable bonds is 4. The molecule has 0 aromatic heterocycles. The number of methoxy groups -OCH3 is 1. The van der Waals surface area contributed by atoms with Gasteiger partial charge in [0.15, 0.2) is 0 Å². The number of nitrogens with zero attached hydrogens (tertiary/aromatic N) is 1. The highest BCUT2D eigenvalue weighted by atomic mass is 35.5. The number of carbonyl (C=O) groups is 1. The van der Waals surface area contributed by atoms with Gasteiger partial charge in [-0.15, -0.1) is 0 Å². The van der Waals surface area contributed by atoms with E-state index in [1.165, 1.54) is 0 Å². The number of ether oxygens (including phenoxy) is 1. The molecule has 1 heterocycles. The summed E-state index contributed by atoms with van der Waals surface area (Å²) in [5.74, 6) is -0.203. The predicted octanol–water partition coefficient (Wildman–Crippen LogP) is 4.21. The lowest BCUT2D eigenvalue weighted by Gasteiger charge is -2.33. The molecule has 5 heteroatoms. The van der Waals surface area contributed by atoms with Gasteiger partial charge in [0.25, 0.3) is 5.91 Å². The molecule has 0 radical (unpaired) electrons. The maximum absolute atomic E-state index is 12.3. The molecule has 0 aliphatic carbocycles. The van der Waals surface area contributed by atoms with Crippen LogP contribution in [0.3, 0.4) is 0 Å². The summed E-state index contributed by atoms with van der Waals surface area (Å²) in [5, 5.41) is 3.33. The van der Waals surface area contributed by atoms with Crippen molar-refractivity contribution >= 4 is 28.9 Å². The summed E-state index contributed by atoms with van der Waals surface area (Å²) >= 11 is 6.06. The number of carbonyl (C=O) groups excluding carboxylic acids is 1. The molecule has 1 atom stereocenters. The second kappa shape index (κ2) is 7.69. The Bertz CT molecular complexity index is 703. The molecule has 0 saturated carbocycles. The Balaban J connectivity index is 1.66. The zero-order valence-electron chi connectivity index (χ0n) is 13.7. The van der Waals surface area contributed by atoms with Crippen LogP contribution in [-0.4, -0.2) is 32.2 Å². The highest BCUT2D eigenvalue weighted by molar-refractivity contribution is 6.34. The highest BCUT2D eigenvalue weighted by Gasteiger charge is 2.19. The van der Waals surface area contributed by atoms with Crippen molar-refractivity contribution in [1.29, 1.82) is 0 Å². The monoisotopic (exact) mass is 344 g/mol. The third-order valence-corrected chi connectivity index (χ3v) is 4.65. The Morgan fingerprint density at radius 1 is 1.21 bits per heavy atom. The third kappa shape index (κ3) is 3.89. The minimum Gasteiger partial charge on any atom is -0.380 e. The molecule has 24 heavy (non-hydrogen) atoms. The minimum absolute atomic E-state index is 0.203. The van der Waals surface area contributed by atoms with Crippen LogP contribution in [0.15, 0.2) is 48.5 Å². The van der Waals surface area contributed by atoms with Gasteiger partial charge in [-0.1, -0.05) is 23.7 Å². The summed E-state index contributed by atoms with van der Waals surface area (Å²) in [7, 11) is 1.77. The van der Waals surface area contributed by atoms with Crippen molar-refractivity contribution < 1.29 is 9.53 Å². The fourth-order valence-electron chi connectivity index (χ4n) is 2.96. The van der Waals surface area contributed by atoms with Gasteiger partial charge in [-0.05, 0) is 49.2 Å². The third-order valence-electron chi connectivity index (χ3n) is 4.32. The zero-order chi connectivity index (χ0) is 16.9. The maximum Gasteiger partial charge on any atom is 0.257 e. The number of nitrogens with one attached hydrogen (secondary N) is 1. The number of amides is 1. The van der Waals surface area contributed by atoms with Crippen LogP contribution in [0, 0.1) is 0 Å². The van der Waals surface area contributed by atoms with Gasteiger partial charge in [-0.3, -0.25) is 4.79 Å². The van der Waals surface area contributed by atoms with E-state index >= 15 is 0 Å². The van der Waals surface area contributed by atoms with Crippen molar-refractivity contribution in [3.63, 3.8) is 0 Å². The summed E-state index contributed by atoms with van der Waals surface area (Å²) < 4.78 is 5.47. The molecule has 1 aliphatic rings. The summed E-state index contributed by atoms with van der Waals surface area (Å²) in [6.07, 6.45) is 2.53. The molecule has 4 nitrogen and oxygen atoms in total. The van der Waals surface area contributed by atoms with Crippen LogP contribution in [0.1, 0.15) is 23.2 Å². The first-order chi connectivity index (χ1) is 11.7. The van der Waals surface area contributed by atoms with Gasteiger partial charge in [-0.25, -0.2) is 0 Å². The van der Waals surface area contributed by atoms with E-state index in [0.29, 0.717) is 16.7 Å². The lowest BCUT2D eigenvalue weighted by atomic mass is 10.1. The molecule has 1 saturated heterocycles. The molecular formula is C19H21ClN2O2. The minimum atomic E-state index is -0.203. The van der Waals surface area contributed by atoms with Gasteiger partial charge in [0.05, 0.1) is 16.7 Å². The van der Waals surface area contributed by atoms with Crippen molar-refractivity contribution in [3.05, 3.63) is 59.1 Å². The van der Waals surface area contributed by atoms with Gasteiger partial charge < -0.3 is 15.0 Å². The first-order valence-electron chi connectivity index (χ1n) is 8.11. The number of hydrogen-bond acceptors (Lipinski definition) is 3. The van der Waals surface area contributed by atoms with Crippen molar-refractivity contribution in [2.75, 3.05) is 30.4 Å². The second-order valence-corrected chi connectivity index (χ2v) is 6.33. The van der Waals surface area contributed by atoms with Crippen LogP contribution in [0.25, 0.3) is 0 Å². The van der Waals surface area contributed by atoms with Crippen LogP contribution < -0.4 is 10.2 Å². The lowest BCUT2D eigenvalue weighted by Crippen LogP contribution is -2.39. The average molecular weight is 345 g/mol. The van der Waals surface area contributed by atoms with Crippen molar-refractivity contribution in [2.24, 2.45) is 0 Å². The summed E-state index contributed by atoms with van der Waals surface area (Å²) in [4.78, 5) is 14.6. The molecule has 3 rings (SSSR count). The van der Waals surface area contributed by atoms with E-state index in [0.717, 1.165) is 37.3 Å². The van der Waals surface area contributed by atoms with Crippen LogP contribution >= 0.6 is 11.6 Å². The highest BCUT2D eigenvalue weighted by Crippen LogP contribution is 2.23. The topological polar surface area (TPSA) is 41.6 Å². The molecular weight excluding hydrogens is 324 g/mol. The average Bonchev–Trinajstić information content (AvgIpc) is 2.62. The number of halogens is 1. The summed E-state index contributed by atoms with van der Waals surface area (Å²) in [6, 6.07) is 14.9. The smallest absolute Gasteiger partial charge is 0.257 e. The fraction of sp³-hybridized carbons (Fsp3) is 0.316. The molecule has 2 aromatic carbocycles. The molecule has 1 aliphatic heterocycles. The van der Waals surface area contributed by atoms with Gasteiger partial charge >= 0.3 is 0 Å². The van der Waals surface area contributed by atoms with Crippen molar-refractivity contribution in [1.82, 2.24) is 0 Å². The number of benzene rings is 2. The molecule has 2 aromatic rings. The van der Waals surface area contributed by atoms with E-state index in [4.69, 9.17) is 16.3 Å². The Morgan fingerprint density at radius 2 is 1.96 bits per heavy atom. The second-order valence-electron chi connectivity index (χ2n) is 5.93. The van der Waals surface area contributed by atoms with Crippen LogP contribution in [0.2, 0.25) is 5.02 Å². The predicted molar refractivity (Wildman–Crippen MR) is 98.1 cm³/mol. The Hall–Kier alpha value is -2.04. The van der Waals surface area contributed by atoms with Gasteiger partial charge in [0.1, 0.15) is 0 Å². The van der Waals surface area contributed by atoms with E-state index in [2.05, 4.69) is 10.2 Å². The van der Waals surface area contributed by atoms with E-state index in [1.54, 1.807) is 31.4 Å². The molecule has 0 bridgehead atoms. The molecule has 1 fully saturated rings. The molecule has 1 N–H and O–H groups in total.